The summed E-state index contributed by atoms with van der Waals surface area (Å²) in [6.07, 6.45) is 0.822. The van der Waals surface area contributed by atoms with Gasteiger partial charge in [-0.2, -0.15) is 0 Å². The Labute approximate surface area is 206 Å². The molecule has 9 heteroatoms. The van der Waals surface area contributed by atoms with Gasteiger partial charge in [0.25, 0.3) is 5.91 Å². The molecule has 3 amide bonds. The minimum absolute atomic E-state index is 0.00882. The number of hydrogen-bond donors (Lipinski definition) is 1. The van der Waals surface area contributed by atoms with Crippen LogP contribution in [-0.4, -0.2) is 99.4 Å². The van der Waals surface area contributed by atoms with Crippen LogP contribution < -0.4 is 14.8 Å². The second kappa shape index (κ2) is 11.9. The molecule has 4 rings (SSSR count). The van der Waals surface area contributed by atoms with Gasteiger partial charge in [0.05, 0.1) is 26.9 Å². The third-order valence-electron chi connectivity index (χ3n) is 6.42. The summed E-state index contributed by atoms with van der Waals surface area (Å²) in [4.78, 5) is 31.8. The van der Waals surface area contributed by atoms with Gasteiger partial charge in [0.2, 0.25) is 0 Å². The number of morpholine rings is 1. The molecule has 0 bridgehead atoms. The van der Waals surface area contributed by atoms with Crippen molar-refractivity contribution in [3.05, 3.63) is 54.1 Å². The Morgan fingerprint density at radius 1 is 0.943 bits per heavy atom. The van der Waals surface area contributed by atoms with Crippen molar-refractivity contribution in [1.29, 1.82) is 0 Å². The molecule has 35 heavy (non-hydrogen) atoms. The molecule has 2 aromatic carbocycles. The zero-order valence-electron chi connectivity index (χ0n) is 20.4. The maximum atomic E-state index is 13.1. The molecule has 0 radical (unpaired) electrons. The summed E-state index contributed by atoms with van der Waals surface area (Å²) < 4.78 is 16.6. The lowest BCUT2D eigenvalue weighted by Crippen LogP contribution is -2.51. The van der Waals surface area contributed by atoms with Gasteiger partial charge in [-0.25, -0.2) is 4.79 Å². The molecular formula is C26H34N4O5. The van der Waals surface area contributed by atoms with E-state index in [1.807, 2.05) is 40.1 Å². The molecular weight excluding hydrogens is 448 g/mol. The molecule has 2 aliphatic rings. The highest BCUT2D eigenvalue weighted by Crippen LogP contribution is 2.28. The molecule has 0 saturated carbocycles. The number of urea groups is 1. The number of nitrogens with zero attached hydrogens (tertiary/aromatic N) is 3. The van der Waals surface area contributed by atoms with Crippen LogP contribution >= 0.6 is 0 Å². The van der Waals surface area contributed by atoms with Gasteiger partial charge in [-0.05, 0) is 43.3 Å². The van der Waals surface area contributed by atoms with E-state index in [4.69, 9.17) is 14.2 Å². The summed E-state index contributed by atoms with van der Waals surface area (Å²) in [7, 11) is 3.14. The van der Waals surface area contributed by atoms with E-state index in [1.54, 1.807) is 32.4 Å². The Balaban J connectivity index is 1.29. The summed E-state index contributed by atoms with van der Waals surface area (Å²) in [5.74, 6) is 1.14. The van der Waals surface area contributed by atoms with Crippen molar-refractivity contribution in [3.63, 3.8) is 0 Å². The largest absolute Gasteiger partial charge is 0.493 e. The number of nitrogens with one attached hydrogen (secondary N) is 1. The van der Waals surface area contributed by atoms with E-state index in [0.717, 1.165) is 31.7 Å². The van der Waals surface area contributed by atoms with E-state index in [2.05, 4.69) is 10.2 Å². The van der Waals surface area contributed by atoms with Gasteiger partial charge in [-0.3, -0.25) is 9.69 Å². The van der Waals surface area contributed by atoms with Crippen molar-refractivity contribution in [3.8, 4) is 11.5 Å². The quantitative estimate of drug-likeness (QED) is 0.682. The number of benzene rings is 2. The number of para-hydroxylation sites is 1. The number of carbonyl (C=O) groups excluding carboxylic acids is 2. The fourth-order valence-corrected chi connectivity index (χ4v) is 4.53. The molecule has 2 heterocycles. The van der Waals surface area contributed by atoms with Crippen LogP contribution in [0.1, 0.15) is 16.8 Å². The van der Waals surface area contributed by atoms with Crippen molar-refractivity contribution in [2.75, 3.05) is 72.0 Å². The predicted molar refractivity (Wildman–Crippen MR) is 133 cm³/mol. The smallest absolute Gasteiger partial charge is 0.322 e. The van der Waals surface area contributed by atoms with E-state index < -0.39 is 0 Å². The lowest BCUT2D eigenvalue weighted by atomic mass is 10.1. The van der Waals surface area contributed by atoms with Crippen LogP contribution in [0, 0.1) is 0 Å². The molecule has 0 unspecified atom stereocenters. The number of carbonyl (C=O) groups is 2. The fourth-order valence-electron chi connectivity index (χ4n) is 4.53. The first-order chi connectivity index (χ1) is 17.1. The molecule has 2 saturated heterocycles. The summed E-state index contributed by atoms with van der Waals surface area (Å²) in [6.45, 7) is 5.34. The van der Waals surface area contributed by atoms with Crippen molar-refractivity contribution in [1.82, 2.24) is 14.7 Å². The summed E-state index contributed by atoms with van der Waals surface area (Å²) in [5, 5.41) is 2.95. The Morgan fingerprint density at radius 3 is 2.51 bits per heavy atom. The second-order valence-electron chi connectivity index (χ2n) is 8.75. The lowest BCUT2D eigenvalue weighted by molar-refractivity contribution is -0.0283. The van der Waals surface area contributed by atoms with Crippen molar-refractivity contribution in [2.24, 2.45) is 0 Å². The third kappa shape index (κ3) is 6.43. The normalized spacial score (nSPS) is 19.1. The van der Waals surface area contributed by atoms with Gasteiger partial charge < -0.3 is 29.3 Å². The van der Waals surface area contributed by atoms with Gasteiger partial charge in [0, 0.05) is 50.5 Å². The zero-order chi connectivity index (χ0) is 24.6. The molecule has 2 aromatic rings. The minimum Gasteiger partial charge on any atom is -0.493 e. The molecule has 1 atom stereocenters. The SMILES string of the molecule is COc1ccc(C(=O)N2CCCN(C[C@H]3CN(C(=O)Nc4ccccc4)CCO3)CC2)cc1OC. The summed E-state index contributed by atoms with van der Waals surface area (Å²) in [6, 6.07) is 14.6. The Bertz CT molecular complexity index is 1000. The highest BCUT2D eigenvalue weighted by atomic mass is 16.5. The molecule has 2 aliphatic heterocycles. The number of anilines is 1. The first-order valence-electron chi connectivity index (χ1n) is 12.0. The second-order valence-corrected chi connectivity index (χ2v) is 8.75. The average Bonchev–Trinajstić information content (AvgIpc) is 3.14. The minimum atomic E-state index is -0.105. The van der Waals surface area contributed by atoms with Crippen LogP contribution in [0.15, 0.2) is 48.5 Å². The van der Waals surface area contributed by atoms with E-state index in [1.165, 1.54) is 0 Å². The highest BCUT2D eigenvalue weighted by Gasteiger charge is 2.28. The Morgan fingerprint density at radius 2 is 1.74 bits per heavy atom. The summed E-state index contributed by atoms with van der Waals surface area (Å²) in [5.41, 5.74) is 1.37. The van der Waals surface area contributed by atoms with Gasteiger partial charge in [0.1, 0.15) is 0 Å². The molecule has 0 aliphatic carbocycles. The number of methoxy groups -OCH3 is 2. The standard InChI is InChI=1S/C26H34N4O5/c1-33-23-10-9-20(17-24(23)34-2)25(31)29-12-6-11-28(13-14-29)18-22-19-30(15-16-35-22)26(32)27-21-7-4-3-5-8-21/h3-5,7-10,17,22H,6,11-16,18-19H2,1-2H3,(H,27,32)/t22-/m0/s1. The van der Waals surface area contributed by atoms with E-state index in [0.29, 0.717) is 49.8 Å². The molecule has 2 fully saturated rings. The predicted octanol–water partition coefficient (Wildman–Crippen LogP) is 2.78. The Hall–Kier alpha value is -3.30. The van der Waals surface area contributed by atoms with Gasteiger partial charge in [0.15, 0.2) is 11.5 Å². The average molecular weight is 483 g/mol. The number of hydrogen-bond acceptors (Lipinski definition) is 6. The van der Waals surface area contributed by atoms with Crippen LogP contribution in [0.4, 0.5) is 10.5 Å². The summed E-state index contributed by atoms with van der Waals surface area (Å²) >= 11 is 0. The molecule has 1 N–H and O–H groups in total. The van der Waals surface area contributed by atoms with Crippen LogP contribution in [0.5, 0.6) is 11.5 Å². The van der Waals surface area contributed by atoms with Crippen LogP contribution in [0.25, 0.3) is 0 Å². The topological polar surface area (TPSA) is 83.6 Å². The van der Waals surface area contributed by atoms with E-state index in [9.17, 15) is 9.59 Å². The maximum absolute atomic E-state index is 13.1. The number of rotatable bonds is 6. The Kier molecular flexibility index (Phi) is 8.44. The van der Waals surface area contributed by atoms with Crippen molar-refractivity contribution < 1.29 is 23.8 Å². The maximum Gasteiger partial charge on any atom is 0.322 e. The van der Waals surface area contributed by atoms with Crippen LogP contribution in [0.3, 0.4) is 0 Å². The first kappa shape index (κ1) is 24.8. The van der Waals surface area contributed by atoms with Gasteiger partial charge in [-0.15, -0.1) is 0 Å². The number of ether oxygens (including phenoxy) is 3. The van der Waals surface area contributed by atoms with Gasteiger partial charge in [-0.1, -0.05) is 18.2 Å². The lowest BCUT2D eigenvalue weighted by Gasteiger charge is -2.35. The first-order valence-corrected chi connectivity index (χ1v) is 12.0. The van der Waals surface area contributed by atoms with Gasteiger partial charge >= 0.3 is 6.03 Å². The number of amides is 3. The zero-order valence-corrected chi connectivity index (χ0v) is 20.4. The van der Waals surface area contributed by atoms with E-state index in [-0.39, 0.29) is 18.0 Å². The van der Waals surface area contributed by atoms with Crippen LogP contribution in [0.2, 0.25) is 0 Å². The van der Waals surface area contributed by atoms with E-state index >= 15 is 0 Å². The fraction of sp³-hybridized carbons (Fsp3) is 0.462. The highest BCUT2D eigenvalue weighted by molar-refractivity contribution is 5.95. The molecule has 0 spiro atoms. The molecule has 0 aromatic heterocycles. The molecule has 188 valence electrons. The van der Waals surface area contributed by atoms with Crippen LogP contribution in [-0.2, 0) is 4.74 Å². The van der Waals surface area contributed by atoms with Crippen molar-refractivity contribution >= 4 is 17.6 Å². The molecule has 9 nitrogen and oxygen atoms in total. The third-order valence-corrected chi connectivity index (χ3v) is 6.42. The van der Waals surface area contributed by atoms with Crippen molar-refractivity contribution in [2.45, 2.75) is 12.5 Å². The monoisotopic (exact) mass is 482 g/mol.